The van der Waals surface area contributed by atoms with Crippen LogP contribution in [0.4, 0.5) is 0 Å². The maximum absolute atomic E-state index is 12.1. The van der Waals surface area contributed by atoms with E-state index in [1.165, 1.54) is 14.2 Å². The van der Waals surface area contributed by atoms with Gasteiger partial charge in [-0.3, -0.25) is 0 Å². The molecule has 0 saturated carbocycles. The van der Waals surface area contributed by atoms with Crippen LogP contribution in [-0.2, 0) is 9.53 Å². The van der Waals surface area contributed by atoms with E-state index < -0.39 is 5.97 Å². The monoisotopic (exact) mass is 343 g/mol. The predicted octanol–water partition coefficient (Wildman–Crippen LogP) is 3.70. The molecule has 0 fully saturated rings. The van der Waals surface area contributed by atoms with Gasteiger partial charge in [-0.2, -0.15) is 0 Å². The number of hydrogen-bond acceptors (Lipinski definition) is 5. The Morgan fingerprint density at radius 3 is 2.38 bits per heavy atom. The summed E-state index contributed by atoms with van der Waals surface area (Å²) in [5.41, 5.74) is 1.43. The fourth-order valence-electron chi connectivity index (χ4n) is 2.33. The second-order valence-electron chi connectivity index (χ2n) is 4.93. The van der Waals surface area contributed by atoms with Crippen LogP contribution in [0, 0.1) is 0 Å². The number of methoxy groups -OCH3 is 2. The van der Waals surface area contributed by atoms with Gasteiger partial charge in [-0.15, -0.1) is 0 Å². The summed E-state index contributed by atoms with van der Waals surface area (Å²) in [7, 11) is 3.05. The highest BCUT2D eigenvalue weighted by Gasteiger charge is 2.28. The van der Waals surface area contributed by atoms with Gasteiger partial charge in [0.05, 0.1) is 14.2 Å². The number of aliphatic imine (C=N–C) groups is 1. The molecule has 0 aliphatic carbocycles. The number of cyclic esters (lactones) is 1. The number of benzene rings is 2. The lowest BCUT2D eigenvalue weighted by Crippen LogP contribution is -2.08. The first-order chi connectivity index (χ1) is 11.6. The number of ether oxygens (including phenoxy) is 3. The smallest absolute Gasteiger partial charge is 0.363 e. The summed E-state index contributed by atoms with van der Waals surface area (Å²) >= 11 is 5.96. The van der Waals surface area contributed by atoms with Crippen LogP contribution < -0.4 is 9.47 Å². The molecule has 2 aromatic carbocycles. The van der Waals surface area contributed by atoms with Gasteiger partial charge < -0.3 is 14.2 Å². The third kappa shape index (κ3) is 3.12. The molecule has 0 radical (unpaired) electrons. The van der Waals surface area contributed by atoms with Crippen molar-refractivity contribution in [1.82, 2.24) is 0 Å². The van der Waals surface area contributed by atoms with Crippen LogP contribution in [0.2, 0.25) is 5.02 Å². The van der Waals surface area contributed by atoms with Gasteiger partial charge in [0.25, 0.3) is 0 Å². The zero-order valence-electron chi connectivity index (χ0n) is 13.1. The molecule has 0 spiro atoms. The van der Waals surface area contributed by atoms with Crippen LogP contribution in [0.15, 0.2) is 53.2 Å². The molecule has 24 heavy (non-hydrogen) atoms. The molecule has 0 amide bonds. The van der Waals surface area contributed by atoms with Crippen molar-refractivity contribution in [2.45, 2.75) is 0 Å². The summed E-state index contributed by atoms with van der Waals surface area (Å²) in [4.78, 5) is 16.4. The summed E-state index contributed by atoms with van der Waals surface area (Å²) in [6.45, 7) is 0. The largest absolute Gasteiger partial charge is 0.496 e. The average molecular weight is 344 g/mol. The molecule has 0 saturated heterocycles. The number of carbonyl (C=O) groups excluding carboxylic acids is 1. The van der Waals surface area contributed by atoms with Crippen molar-refractivity contribution in [2.24, 2.45) is 4.99 Å². The Kier molecular flexibility index (Phi) is 4.53. The zero-order chi connectivity index (χ0) is 17.1. The maximum atomic E-state index is 12.1. The average Bonchev–Trinajstić information content (AvgIpc) is 2.94. The Morgan fingerprint density at radius 2 is 1.75 bits per heavy atom. The first-order valence-corrected chi connectivity index (χ1v) is 7.49. The normalized spacial score (nSPS) is 15.2. The van der Waals surface area contributed by atoms with Crippen molar-refractivity contribution in [1.29, 1.82) is 0 Å². The molecule has 5 nitrogen and oxygen atoms in total. The minimum atomic E-state index is -0.544. The molecule has 122 valence electrons. The van der Waals surface area contributed by atoms with Gasteiger partial charge in [0.1, 0.15) is 17.1 Å². The van der Waals surface area contributed by atoms with Gasteiger partial charge in [-0.25, -0.2) is 9.79 Å². The number of nitrogens with zero attached hydrogens (tertiary/aromatic N) is 1. The molecule has 0 unspecified atom stereocenters. The van der Waals surface area contributed by atoms with Gasteiger partial charge >= 0.3 is 5.97 Å². The van der Waals surface area contributed by atoms with Crippen LogP contribution in [-0.4, -0.2) is 26.1 Å². The van der Waals surface area contributed by atoms with Crippen molar-refractivity contribution in [3.63, 3.8) is 0 Å². The highest BCUT2D eigenvalue weighted by Crippen LogP contribution is 2.32. The van der Waals surface area contributed by atoms with E-state index >= 15 is 0 Å². The quantitative estimate of drug-likeness (QED) is 0.627. The molecule has 0 N–H and O–H groups in total. The molecule has 0 bridgehead atoms. The van der Waals surface area contributed by atoms with Crippen LogP contribution in [0.1, 0.15) is 11.1 Å². The van der Waals surface area contributed by atoms with Crippen LogP contribution >= 0.6 is 11.6 Å². The van der Waals surface area contributed by atoms with E-state index in [0.717, 1.165) is 5.56 Å². The van der Waals surface area contributed by atoms with E-state index in [1.807, 2.05) is 6.07 Å². The SMILES string of the molecule is COc1cccc(OC)c1C1=N/C(=C/c2cccc(Cl)c2)C(=O)O1. The van der Waals surface area contributed by atoms with Crippen molar-refractivity contribution < 1.29 is 19.0 Å². The number of carbonyl (C=O) groups is 1. The van der Waals surface area contributed by atoms with Crippen molar-refractivity contribution in [2.75, 3.05) is 14.2 Å². The Balaban J connectivity index is 2.04. The first-order valence-electron chi connectivity index (χ1n) is 7.12. The van der Waals surface area contributed by atoms with Crippen molar-refractivity contribution in [3.05, 3.63) is 64.3 Å². The Bertz CT molecular complexity index is 836. The number of hydrogen-bond donors (Lipinski definition) is 0. The highest BCUT2D eigenvalue weighted by molar-refractivity contribution is 6.30. The van der Waals surface area contributed by atoms with E-state index in [9.17, 15) is 4.79 Å². The Morgan fingerprint density at radius 1 is 1.08 bits per heavy atom. The molecule has 1 aliphatic rings. The van der Waals surface area contributed by atoms with Crippen LogP contribution in [0.25, 0.3) is 6.08 Å². The third-order valence-electron chi connectivity index (χ3n) is 3.41. The van der Waals surface area contributed by atoms with Gasteiger partial charge in [-0.05, 0) is 35.9 Å². The van der Waals surface area contributed by atoms with Gasteiger partial charge in [-0.1, -0.05) is 29.8 Å². The first kappa shape index (κ1) is 16.1. The molecule has 0 atom stereocenters. The summed E-state index contributed by atoms with van der Waals surface area (Å²) in [5, 5.41) is 0.575. The standard InChI is InChI=1S/C18H14ClNO4/c1-22-14-7-4-8-15(23-2)16(14)17-20-13(18(21)24-17)10-11-5-3-6-12(19)9-11/h3-10H,1-2H3/b13-10+. The molecule has 6 heteroatoms. The second-order valence-corrected chi connectivity index (χ2v) is 5.37. The minimum absolute atomic E-state index is 0.141. The van der Waals surface area contributed by atoms with Gasteiger partial charge in [0.15, 0.2) is 5.70 Å². The predicted molar refractivity (Wildman–Crippen MR) is 91.6 cm³/mol. The topological polar surface area (TPSA) is 57.1 Å². The molecule has 3 rings (SSSR count). The third-order valence-corrected chi connectivity index (χ3v) is 3.65. The van der Waals surface area contributed by atoms with E-state index in [0.29, 0.717) is 22.1 Å². The van der Waals surface area contributed by atoms with Crippen LogP contribution in [0.3, 0.4) is 0 Å². The summed E-state index contributed by atoms with van der Waals surface area (Å²) in [6.07, 6.45) is 1.61. The Hall–Kier alpha value is -2.79. The molecule has 1 aliphatic heterocycles. The fraction of sp³-hybridized carbons (Fsp3) is 0.111. The zero-order valence-corrected chi connectivity index (χ0v) is 13.8. The van der Waals surface area contributed by atoms with Crippen molar-refractivity contribution >= 4 is 29.5 Å². The van der Waals surface area contributed by atoms with Crippen molar-refractivity contribution in [3.8, 4) is 11.5 Å². The maximum Gasteiger partial charge on any atom is 0.363 e. The minimum Gasteiger partial charge on any atom is -0.496 e. The number of esters is 1. The summed E-state index contributed by atoms with van der Waals surface area (Å²) in [5.74, 6) is 0.607. The van der Waals surface area contributed by atoms with E-state index in [1.54, 1.807) is 42.5 Å². The summed E-state index contributed by atoms with van der Waals surface area (Å²) < 4.78 is 15.9. The van der Waals surface area contributed by atoms with Crippen LogP contribution in [0.5, 0.6) is 11.5 Å². The number of rotatable bonds is 4. The Labute approximate surface area is 144 Å². The fourth-order valence-corrected chi connectivity index (χ4v) is 2.53. The van der Waals surface area contributed by atoms with Gasteiger partial charge in [0.2, 0.25) is 5.90 Å². The van der Waals surface area contributed by atoms with Gasteiger partial charge in [0, 0.05) is 5.02 Å². The number of halogens is 1. The lowest BCUT2D eigenvalue weighted by Gasteiger charge is -2.11. The second kappa shape index (κ2) is 6.76. The van der Waals surface area contributed by atoms with E-state index in [4.69, 9.17) is 25.8 Å². The molecule has 0 aromatic heterocycles. The van der Waals surface area contributed by atoms with E-state index in [2.05, 4.69) is 4.99 Å². The molecular weight excluding hydrogens is 330 g/mol. The molecular formula is C18H14ClNO4. The lowest BCUT2D eigenvalue weighted by atomic mass is 10.1. The molecule has 2 aromatic rings. The van der Waals surface area contributed by atoms with E-state index in [-0.39, 0.29) is 11.6 Å². The summed E-state index contributed by atoms with van der Waals surface area (Å²) in [6, 6.07) is 12.4. The lowest BCUT2D eigenvalue weighted by molar-refractivity contribution is -0.129. The highest BCUT2D eigenvalue weighted by atomic mass is 35.5. The molecule has 1 heterocycles.